The number of piperidine rings is 1. The Labute approximate surface area is 179 Å². The highest BCUT2D eigenvalue weighted by Crippen LogP contribution is 2.27. The van der Waals surface area contributed by atoms with E-state index >= 15 is 0 Å². The van der Waals surface area contributed by atoms with Gasteiger partial charge in [-0.1, -0.05) is 32.0 Å². The molecule has 0 radical (unpaired) electrons. The second-order valence-corrected chi connectivity index (χ2v) is 7.92. The fourth-order valence-corrected chi connectivity index (χ4v) is 3.56. The lowest BCUT2D eigenvalue weighted by Gasteiger charge is -2.34. The van der Waals surface area contributed by atoms with Gasteiger partial charge in [-0.2, -0.15) is 0 Å². The first-order chi connectivity index (χ1) is 14.3. The number of likely N-dealkylation sites (tertiary alicyclic amines) is 1. The van der Waals surface area contributed by atoms with Crippen LogP contribution in [0.1, 0.15) is 64.9 Å². The van der Waals surface area contributed by atoms with E-state index in [0.29, 0.717) is 38.5 Å². The molecule has 1 heterocycles. The summed E-state index contributed by atoms with van der Waals surface area (Å²) in [5.74, 6) is 0.500. The Morgan fingerprint density at radius 2 is 1.77 bits per heavy atom. The fraction of sp³-hybridized carbons (Fsp3) is 0.609. The smallest absolute Gasteiger partial charge is 0.306 e. The standard InChI is InChI=1S/C23H34N2O5/c1-5-29-22(27)11-10-21(26)24-18-12-14-25(15-13-18)23(28)17(4)30-20-9-7-6-8-19(20)16(2)3/h6-9,16-18H,5,10-15H2,1-4H3,(H,24,26). The molecule has 0 saturated carbocycles. The van der Waals surface area contributed by atoms with Gasteiger partial charge in [-0.15, -0.1) is 0 Å². The molecule has 30 heavy (non-hydrogen) atoms. The molecule has 7 heteroatoms. The summed E-state index contributed by atoms with van der Waals surface area (Å²) in [5, 5.41) is 2.95. The Morgan fingerprint density at radius 3 is 2.40 bits per heavy atom. The zero-order valence-electron chi connectivity index (χ0n) is 18.5. The summed E-state index contributed by atoms with van der Waals surface area (Å²) in [5.41, 5.74) is 1.08. The number of nitrogens with zero attached hydrogens (tertiary/aromatic N) is 1. The number of nitrogens with one attached hydrogen (secondary N) is 1. The third-order valence-corrected chi connectivity index (χ3v) is 5.23. The normalized spacial score (nSPS) is 15.6. The molecular formula is C23H34N2O5. The highest BCUT2D eigenvalue weighted by Gasteiger charge is 2.28. The van der Waals surface area contributed by atoms with Crippen molar-refractivity contribution in [2.75, 3.05) is 19.7 Å². The summed E-state index contributed by atoms with van der Waals surface area (Å²) < 4.78 is 10.8. The van der Waals surface area contributed by atoms with Gasteiger partial charge in [-0.05, 0) is 44.2 Å². The molecule has 0 aromatic heterocycles. The number of para-hydroxylation sites is 1. The van der Waals surface area contributed by atoms with E-state index in [-0.39, 0.29) is 36.7 Å². The minimum absolute atomic E-state index is 0.0154. The van der Waals surface area contributed by atoms with Crippen molar-refractivity contribution in [3.05, 3.63) is 29.8 Å². The predicted octanol–water partition coefficient (Wildman–Crippen LogP) is 3.03. The Morgan fingerprint density at radius 1 is 1.10 bits per heavy atom. The molecular weight excluding hydrogens is 384 g/mol. The molecule has 1 aliphatic rings. The highest BCUT2D eigenvalue weighted by molar-refractivity contribution is 5.82. The molecule has 0 bridgehead atoms. The minimum Gasteiger partial charge on any atom is -0.481 e. The van der Waals surface area contributed by atoms with Crippen molar-refractivity contribution in [3.8, 4) is 5.75 Å². The first-order valence-corrected chi connectivity index (χ1v) is 10.8. The Hall–Kier alpha value is -2.57. The lowest BCUT2D eigenvalue weighted by Crippen LogP contribution is -2.49. The van der Waals surface area contributed by atoms with E-state index in [9.17, 15) is 14.4 Å². The molecule has 1 saturated heterocycles. The van der Waals surface area contributed by atoms with Crippen molar-refractivity contribution in [2.24, 2.45) is 0 Å². The van der Waals surface area contributed by atoms with Crippen molar-refractivity contribution in [2.45, 2.75) is 71.4 Å². The third-order valence-electron chi connectivity index (χ3n) is 5.23. The zero-order valence-corrected chi connectivity index (χ0v) is 18.5. The van der Waals surface area contributed by atoms with Gasteiger partial charge in [0, 0.05) is 25.6 Å². The maximum absolute atomic E-state index is 12.8. The predicted molar refractivity (Wildman–Crippen MR) is 114 cm³/mol. The summed E-state index contributed by atoms with van der Waals surface area (Å²) in [6, 6.07) is 7.82. The Kier molecular flexibility index (Phi) is 9.15. The highest BCUT2D eigenvalue weighted by atomic mass is 16.5. The largest absolute Gasteiger partial charge is 0.481 e. The van der Waals surface area contributed by atoms with E-state index in [2.05, 4.69) is 19.2 Å². The molecule has 1 aromatic carbocycles. The number of esters is 1. The third kappa shape index (κ3) is 7.04. The molecule has 2 amide bonds. The molecule has 1 aliphatic heterocycles. The molecule has 7 nitrogen and oxygen atoms in total. The van der Waals surface area contributed by atoms with Crippen LogP contribution in [0.15, 0.2) is 24.3 Å². The second-order valence-electron chi connectivity index (χ2n) is 7.92. The summed E-state index contributed by atoms with van der Waals surface area (Å²) in [6.07, 6.45) is 1.01. The van der Waals surface area contributed by atoms with Crippen molar-refractivity contribution in [3.63, 3.8) is 0 Å². The van der Waals surface area contributed by atoms with Crippen LogP contribution in [0, 0.1) is 0 Å². The number of benzene rings is 1. The Balaban J connectivity index is 1.78. The van der Waals surface area contributed by atoms with Crippen molar-refractivity contribution in [1.82, 2.24) is 10.2 Å². The maximum Gasteiger partial charge on any atom is 0.306 e. The summed E-state index contributed by atoms with van der Waals surface area (Å²) in [4.78, 5) is 38.0. The van der Waals surface area contributed by atoms with E-state index in [1.54, 1.807) is 18.7 Å². The first-order valence-electron chi connectivity index (χ1n) is 10.8. The number of carbonyl (C=O) groups excluding carboxylic acids is 3. The van der Waals surface area contributed by atoms with Gasteiger partial charge in [0.25, 0.3) is 5.91 Å². The number of amides is 2. The molecule has 166 valence electrons. The second kappa shape index (κ2) is 11.6. The van der Waals surface area contributed by atoms with Crippen LogP contribution in [0.5, 0.6) is 5.75 Å². The van der Waals surface area contributed by atoms with Gasteiger partial charge in [-0.25, -0.2) is 0 Å². The van der Waals surface area contributed by atoms with E-state index in [1.807, 2.05) is 24.3 Å². The van der Waals surface area contributed by atoms with Gasteiger partial charge in [-0.3, -0.25) is 14.4 Å². The number of hydrogen-bond donors (Lipinski definition) is 1. The summed E-state index contributed by atoms with van der Waals surface area (Å²) >= 11 is 0. The van der Waals surface area contributed by atoms with Crippen LogP contribution in [0.3, 0.4) is 0 Å². The van der Waals surface area contributed by atoms with Crippen LogP contribution in [0.25, 0.3) is 0 Å². The average Bonchev–Trinajstić information content (AvgIpc) is 2.72. The van der Waals surface area contributed by atoms with E-state index in [0.717, 1.165) is 11.3 Å². The van der Waals surface area contributed by atoms with E-state index in [1.165, 1.54) is 0 Å². The van der Waals surface area contributed by atoms with Gasteiger partial charge in [0.2, 0.25) is 5.91 Å². The fourth-order valence-electron chi connectivity index (χ4n) is 3.56. The molecule has 1 fully saturated rings. The van der Waals surface area contributed by atoms with Crippen molar-refractivity contribution < 1.29 is 23.9 Å². The number of hydrogen-bond acceptors (Lipinski definition) is 5. The van der Waals surface area contributed by atoms with Crippen LogP contribution in [-0.4, -0.2) is 54.5 Å². The van der Waals surface area contributed by atoms with Crippen LogP contribution in [0.4, 0.5) is 0 Å². The van der Waals surface area contributed by atoms with E-state index < -0.39 is 6.10 Å². The molecule has 1 aromatic rings. The van der Waals surface area contributed by atoms with Crippen LogP contribution in [-0.2, 0) is 19.1 Å². The topological polar surface area (TPSA) is 84.9 Å². The van der Waals surface area contributed by atoms with Gasteiger partial charge >= 0.3 is 5.97 Å². The molecule has 0 aliphatic carbocycles. The quantitative estimate of drug-likeness (QED) is 0.623. The number of carbonyl (C=O) groups is 3. The molecule has 1 N–H and O–H groups in total. The molecule has 0 spiro atoms. The lowest BCUT2D eigenvalue weighted by molar-refractivity contribution is -0.144. The van der Waals surface area contributed by atoms with Crippen molar-refractivity contribution >= 4 is 17.8 Å². The van der Waals surface area contributed by atoms with Gasteiger partial charge in [0.1, 0.15) is 5.75 Å². The van der Waals surface area contributed by atoms with Gasteiger partial charge < -0.3 is 19.7 Å². The van der Waals surface area contributed by atoms with Crippen molar-refractivity contribution in [1.29, 1.82) is 0 Å². The van der Waals surface area contributed by atoms with Gasteiger partial charge in [0.05, 0.1) is 13.0 Å². The minimum atomic E-state index is -0.569. The van der Waals surface area contributed by atoms with Crippen LogP contribution < -0.4 is 10.1 Å². The number of ether oxygens (including phenoxy) is 2. The van der Waals surface area contributed by atoms with E-state index in [4.69, 9.17) is 9.47 Å². The van der Waals surface area contributed by atoms with Crippen LogP contribution in [0.2, 0.25) is 0 Å². The SMILES string of the molecule is CCOC(=O)CCC(=O)NC1CCN(C(=O)C(C)Oc2ccccc2C(C)C)CC1. The molecule has 1 atom stereocenters. The summed E-state index contributed by atoms with van der Waals surface area (Å²) in [7, 11) is 0. The zero-order chi connectivity index (χ0) is 22.1. The first kappa shape index (κ1) is 23.7. The Bertz CT molecular complexity index is 726. The summed E-state index contributed by atoms with van der Waals surface area (Å²) in [6.45, 7) is 9.17. The lowest BCUT2D eigenvalue weighted by atomic mass is 10.0. The number of rotatable bonds is 9. The average molecular weight is 419 g/mol. The maximum atomic E-state index is 12.8. The van der Waals surface area contributed by atoms with Crippen LogP contribution >= 0.6 is 0 Å². The molecule has 2 rings (SSSR count). The van der Waals surface area contributed by atoms with Gasteiger partial charge in [0.15, 0.2) is 6.10 Å². The molecule has 1 unspecified atom stereocenters. The monoisotopic (exact) mass is 418 g/mol.